The van der Waals surface area contributed by atoms with E-state index in [4.69, 9.17) is 17.3 Å². The van der Waals surface area contributed by atoms with Gasteiger partial charge in [0.1, 0.15) is 5.82 Å². The van der Waals surface area contributed by atoms with Crippen LogP contribution in [0.2, 0.25) is 5.02 Å². The topological polar surface area (TPSA) is 76.2 Å². The lowest BCUT2D eigenvalue weighted by Gasteiger charge is -2.02. The normalized spacial score (nSPS) is 11.2. The highest BCUT2D eigenvalue weighted by molar-refractivity contribution is 7.14. The van der Waals surface area contributed by atoms with Gasteiger partial charge in [-0.3, -0.25) is 10.4 Å². The fraction of sp³-hybridized carbons (Fsp3) is 0. The molecule has 0 fully saturated rings. The van der Waals surface area contributed by atoms with Gasteiger partial charge in [0.25, 0.3) is 0 Å². The first-order valence-electron chi connectivity index (χ1n) is 5.77. The van der Waals surface area contributed by atoms with E-state index >= 15 is 0 Å². The summed E-state index contributed by atoms with van der Waals surface area (Å²) in [6.07, 6.45) is 3.40. The molecule has 0 aliphatic heterocycles. The molecule has 7 heteroatoms. The van der Waals surface area contributed by atoms with Gasteiger partial charge in [0.05, 0.1) is 11.7 Å². The lowest BCUT2D eigenvalue weighted by molar-refractivity contribution is 1.29. The molecule has 2 heterocycles. The summed E-state index contributed by atoms with van der Waals surface area (Å²) in [5.74, 6) is 0.475. The third-order valence-corrected chi connectivity index (χ3v) is 3.57. The summed E-state index contributed by atoms with van der Waals surface area (Å²) in [7, 11) is 0. The molecule has 5 nitrogen and oxygen atoms in total. The fourth-order valence-corrected chi connectivity index (χ4v) is 2.56. The van der Waals surface area contributed by atoms with Gasteiger partial charge in [0.2, 0.25) is 5.13 Å². The Morgan fingerprint density at radius 1 is 1.40 bits per heavy atom. The van der Waals surface area contributed by atoms with Gasteiger partial charge in [-0.2, -0.15) is 5.10 Å². The summed E-state index contributed by atoms with van der Waals surface area (Å²) < 4.78 is 0. The predicted molar refractivity (Wildman–Crippen MR) is 84.5 cm³/mol. The van der Waals surface area contributed by atoms with Gasteiger partial charge in [-0.1, -0.05) is 17.7 Å². The van der Waals surface area contributed by atoms with Crippen molar-refractivity contribution in [3.05, 3.63) is 46.4 Å². The molecule has 0 amide bonds. The monoisotopic (exact) mass is 303 g/mol. The summed E-state index contributed by atoms with van der Waals surface area (Å²) >= 11 is 7.48. The molecule has 3 aromatic rings. The zero-order chi connectivity index (χ0) is 13.9. The van der Waals surface area contributed by atoms with Gasteiger partial charge in [0, 0.05) is 27.5 Å². The first-order valence-corrected chi connectivity index (χ1v) is 7.02. The van der Waals surface area contributed by atoms with E-state index in [2.05, 4.69) is 20.5 Å². The van der Waals surface area contributed by atoms with Crippen LogP contribution in [0.1, 0.15) is 5.56 Å². The number of benzene rings is 1. The Kier molecular flexibility index (Phi) is 3.49. The molecule has 0 aliphatic carbocycles. The minimum atomic E-state index is 0.475. The Balaban J connectivity index is 1.90. The number of fused-ring (bicyclic) bond motifs is 1. The van der Waals surface area contributed by atoms with Crippen LogP contribution in [0, 0.1) is 0 Å². The van der Waals surface area contributed by atoms with Gasteiger partial charge >= 0.3 is 0 Å². The van der Waals surface area contributed by atoms with E-state index in [9.17, 15) is 0 Å². The van der Waals surface area contributed by atoms with Gasteiger partial charge in [0.15, 0.2) is 0 Å². The number of aromatic nitrogens is 2. The second-order valence-corrected chi connectivity index (χ2v) is 5.31. The number of nitrogens with one attached hydrogen (secondary N) is 1. The van der Waals surface area contributed by atoms with Crippen molar-refractivity contribution < 1.29 is 0 Å². The number of nitrogens with zero attached hydrogens (tertiary/aromatic N) is 3. The number of hydrogen-bond donors (Lipinski definition) is 2. The summed E-state index contributed by atoms with van der Waals surface area (Å²) in [6, 6.07) is 7.52. The lowest BCUT2D eigenvalue weighted by atomic mass is 10.1. The van der Waals surface area contributed by atoms with Crippen molar-refractivity contribution >= 4 is 51.0 Å². The standard InChI is InChI=1S/C13H10ClN5S/c14-10-4-8-2-1-3-16-12(8)9(5-10)6-17-19-13-18-11(15)7-20-13/h1-7H,15H2,(H,18,19). The maximum absolute atomic E-state index is 6.09. The van der Waals surface area contributed by atoms with Crippen molar-refractivity contribution in [2.75, 3.05) is 11.2 Å². The van der Waals surface area contributed by atoms with Crippen LogP contribution in [-0.4, -0.2) is 16.2 Å². The van der Waals surface area contributed by atoms with Gasteiger partial charge in [-0.05, 0) is 18.2 Å². The zero-order valence-electron chi connectivity index (χ0n) is 10.2. The number of anilines is 2. The third kappa shape index (κ3) is 2.71. The summed E-state index contributed by atoms with van der Waals surface area (Å²) in [5, 5.41) is 8.13. The highest BCUT2D eigenvalue weighted by atomic mass is 35.5. The summed E-state index contributed by atoms with van der Waals surface area (Å²) in [4.78, 5) is 8.39. The SMILES string of the molecule is Nc1csc(NN=Cc2cc(Cl)cc3cccnc23)n1. The quantitative estimate of drug-likeness (QED) is 0.574. The van der Waals surface area contributed by atoms with E-state index in [1.165, 1.54) is 11.3 Å². The molecule has 3 N–H and O–H groups in total. The molecule has 100 valence electrons. The van der Waals surface area contributed by atoms with Crippen LogP contribution in [0.4, 0.5) is 10.9 Å². The van der Waals surface area contributed by atoms with Crippen LogP contribution in [0.25, 0.3) is 10.9 Å². The average Bonchev–Trinajstić information content (AvgIpc) is 2.84. The van der Waals surface area contributed by atoms with Crippen LogP contribution in [0.15, 0.2) is 40.9 Å². The number of nitrogen functional groups attached to an aromatic ring is 1. The number of pyridine rings is 1. The molecule has 0 radical (unpaired) electrons. The van der Waals surface area contributed by atoms with Crippen molar-refractivity contribution in [3.8, 4) is 0 Å². The first-order chi connectivity index (χ1) is 9.72. The van der Waals surface area contributed by atoms with E-state index < -0.39 is 0 Å². The van der Waals surface area contributed by atoms with Crippen LogP contribution in [-0.2, 0) is 0 Å². The van der Waals surface area contributed by atoms with Crippen molar-refractivity contribution in [1.29, 1.82) is 0 Å². The van der Waals surface area contributed by atoms with Gasteiger partial charge in [-0.25, -0.2) is 4.98 Å². The molecule has 0 unspecified atom stereocenters. The Morgan fingerprint density at radius 2 is 2.30 bits per heavy atom. The molecule has 3 rings (SSSR count). The Hall–Kier alpha value is -2.18. The molecule has 0 aliphatic rings. The van der Waals surface area contributed by atoms with Crippen molar-refractivity contribution in [2.45, 2.75) is 0 Å². The molecule has 2 aromatic heterocycles. The second kappa shape index (κ2) is 5.44. The van der Waals surface area contributed by atoms with Crippen LogP contribution in [0.3, 0.4) is 0 Å². The Morgan fingerprint density at radius 3 is 3.10 bits per heavy atom. The lowest BCUT2D eigenvalue weighted by Crippen LogP contribution is -1.93. The molecular formula is C13H10ClN5S. The van der Waals surface area contributed by atoms with E-state index in [-0.39, 0.29) is 0 Å². The van der Waals surface area contributed by atoms with E-state index in [0.29, 0.717) is 16.0 Å². The number of halogens is 1. The van der Waals surface area contributed by atoms with Gasteiger partial charge < -0.3 is 5.73 Å². The molecule has 0 spiro atoms. The number of hydrazone groups is 1. The van der Waals surface area contributed by atoms with E-state index in [0.717, 1.165) is 16.5 Å². The van der Waals surface area contributed by atoms with Gasteiger partial charge in [-0.15, -0.1) is 11.3 Å². The van der Waals surface area contributed by atoms with Crippen LogP contribution >= 0.6 is 22.9 Å². The van der Waals surface area contributed by atoms with Crippen LogP contribution in [0.5, 0.6) is 0 Å². The van der Waals surface area contributed by atoms with E-state index in [1.807, 2.05) is 24.3 Å². The summed E-state index contributed by atoms with van der Waals surface area (Å²) in [6.45, 7) is 0. The molecule has 0 bridgehead atoms. The van der Waals surface area contributed by atoms with E-state index in [1.54, 1.807) is 17.8 Å². The largest absolute Gasteiger partial charge is 0.383 e. The zero-order valence-corrected chi connectivity index (χ0v) is 11.8. The smallest absolute Gasteiger partial charge is 0.205 e. The van der Waals surface area contributed by atoms with Crippen molar-refractivity contribution in [1.82, 2.24) is 9.97 Å². The number of nitrogens with two attached hydrogens (primary N) is 1. The molecular weight excluding hydrogens is 294 g/mol. The minimum absolute atomic E-state index is 0.475. The maximum atomic E-state index is 6.09. The molecule has 0 saturated carbocycles. The molecule has 1 aromatic carbocycles. The minimum Gasteiger partial charge on any atom is -0.383 e. The first kappa shape index (κ1) is 12.8. The number of thiazole rings is 1. The second-order valence-electron chi connectivity index (χ2n) is 4.02. The average molecular weight is 304 g/mol. The predicted octanol–water partition coefficient (Wildman–Crippen LogP) is 3.37. The highest BCUT2D eigenvalue weighted by Crippen LogP contribution is 2.21. The number of rotatable bonds is 3. The van der Waals surface area contributed by atoms with Crippen molar-refractivity contribution in [2.24, 2.45) is 5.10 Å². The molecule has 20 heavy (non-hydrogen) atoms. The maximum Gasteiger partial charge on any atom is 0.205 e. The number of hydrogen-bond acceptors (Lipinski definition) is 6. The molecule has 0 atom stereocenters. The highest BCUT2D eigenvalue weighted by Gasteiger charge is 2.02. The summed E-state index contributed by atoms with van der Waals surface area (Å²) in [5.41, 5.74) is 10.0. The fourth-order valence-electron chi connectivity index (χ4n) is 1.78. The van der Waals surface area contributed by atoms with Crippen molar-refractivity contribution in [3.63, 3.8) is 0 Å². The Labute approximate surface area is 124 Å². The van der Waals surface area contributed by atoms with Crippen LogP contribution < -0.4 is 11.2 Å². The Bertz CT molecular complexity index is 783. The third-order valence-electron chi connectivity index (χ3n) is 2.58. The molecule has 0 saturated heterocycles.